The van der Waals surface area contributed by atoms with Crippen molar-refractivity contribution in [1.82, 2.24) is 0 Å². The van der Waals surface area contributed by atoms with E-state index in [4.69, 9.17) is 10.0 Å². The van der Waals surface area contributed by atoms with Gasteiger partial charge in [-0.1, -0.05) is 33.2 Å². The first-order valence-corrected chi connectivity index (χ1v) is 5.57. The van der Waals surface area contributed by atoms with Crippen molar-refractivity contribution in [3.63, 3.8) is 0 Å². The molecule has 0 unspecified atom stereocenters. The molecular formula is C11H13BrN2O2. The molecule has 0 atom stereocenters. The Kier molecular flexibility index (Phi) is 5.56. The van der Waals surface area contributed by atoms with Gasteiger partial charge in [0.1, 0.15) is 6.61 Å². The number of rotatable bonds is 5. The highest BCUT2D eigenvalue weighted by Gasteiger charge is 1.93. The van der Waals surface area contributed by atoms with Crippen LogP contribution in [0.5, 0.6) is 0 Å². The molecule has 1 rings (SSSR count). The molecule has 0 aromatic heterocycles. The van der Waals surface area contributed by atoms with Crippen molar-refractivity contribution in [3.8, 4) is 0 Å². The molecule has 0 aliphatic heterocycles. The number of nitrogens with zero attached hydrogens (tertiary/aromatic N) is 2. The Morgan fingerprint density at radius 3 is 2.75 bits per heavy atom. The SMILES string of the molecule is C/C(C/C=N/O)=N\OCc1ccc(Br)cc1. The second-order valence-electron chi connectivity index (χ2n) is 3.23. The molecule has 1 aromatic rings. The van der Waals surface area contributed by atoms with Crippen molar-refractivity contribution in [2.75, 3.05) is 0 Å². The van der Waals surface area contributed by atoms with Crippen molar-refractivity contribution >= 4 is 27.9 Å². The zero-order valence-electron chi connectivity index (χ0n) is 8.93. The topological polar surface area (TPSA) is 54.2 Å². The summed E-state index contributed by atoms with van der Waals surface area (Å²) >= 11 is 3.36. The van der Waals surface area contributed by atoms with E-state index >= 15 is 0 Å². The van der Waals surface area contributed by atoms with E-state index in [-0.39, 0.29) is 0 Å². The lowest BCUT2D eigenvalue weighted by Crippen LogP contribution is -1.95. The molecule has 0 amide bonds. The Morgan fingerprint density at radius 2 is 2.12 bits per heavy atom. The van der Waals surface area contributed by atoms with E-state index in [2.05, 4.69) is 26.2 Å². The summed E-state index contributed by atoms with van der Waals surface area (Å²) in [5.41, 5.74) is 1.81. The summed E-state index contributed by atoms with van der Waals surface area (Å²) < 4.78 is 1.04. The van der Waals surface area contributed by atoms with Crippen LogP contribution in [0.25, 0.3) is 0 Å². The Labute approximate surface area is 103 Å². The van der Waals surface area contributed by atoms with Crippen LogP contribution in [0.1, 0.15) is 18.9 Å². The Hall–Kier alpha value is -1.36. The predicted molar refractivity (Wildman–Crippen MR) is 66.9 cm³/mol. The van der Waals surface area contributed by atoms with Gasteiger partial charge in [-0.05, 0) is 24.6 Å². The normalized spacial score (nSPS) is 12.0. The molecule has 0 saturated carbocycles. The summed E-state index contributed by atoms with van der Waals surface area (Å²) in [5, 5.41) is 15.0. The van der Waals surface area contributed by atoms with Crippen LogP contribution in [0.2, 0.25) is 0 Å². The summed E-state index contributed by atoms with van der Waals surface area (Å²) in [6.07, 6.45) is 1.85. The lowest BCUT2D eigenvalue weighted by Gasteiger charge is -2.01. The molecule has 0 bridgehead atoms. The quantitative estimate of drug-likeness (QED) is 0.513. The maximum Gasteiger partial charge on any atom is 0.142 e. The molecule has 1 aromatic carbocycles. The minimum absolute atomic E-state index is 0.431. The second-order valence-corrected chi connectivity index (χ2v) is 4.14. The minimum atomic E-state index is 0.431. The fourth-order valence-corrected chi connectivity index (χ4v) is 1.27. The number of hydrogen-bond donors (Lipinski definition) is 1. The third-order valence-corrected chi connectivity index (χ3v) is 2.36. The van der Waals surface area contributed by atoms with Gasteiger partial charge in [-0.25, -0.2) is 0 Å². The van der Waals surface area contributed by atoms with E-state index in [9.17, 15) is 0 Å². The van der Waals surface area contributed by atoms with Crippen molar-refractivity contribution < 1.29 is 10.0 Å². The zero-order valence-corrected chi connectivity index (χ0v) is 10.5. The number of hydrogen-bond acceptors (Lipinski definition) is 4. The third kappa shape index (κ3) is 4.93. The highest BCUT2D eigenvalue weighted by Crippen LogP contribution is 2.11. The molecule has 1 N–H and O–H groups in total. The summed E-state index contributed by atoms with van der Waals surface area (Å²) in [6, 6.07) is 7.83. The molecule has 0 aliphatic rings. The van der Waals surface area contributed by atoms with Crippen LogP contribution >= 0.6 is 15.9 Å². The zero-order chi connectivity index (χ0) is 11.8. The molecule has 16 heavy (non-hydrogen) atoms. The average Bonchev–Trinajstić information content (AvgIpc) is 2.29. The second kappa shape index (κ2) is 7.00. The largest absolute Gasteiger partial charge is 0.411 e. The number of oxime groups is 2. The Balaban J connectivity index is 2.37. The lowest BCUT2D eigenvalue weighted by molar-refractivity contribution is 0.130. The van der Waals surface area contributed by atoms with Crippen molar-refractivity contribution in [3.05, 3.63) is 34.3 Å². The van der Waals surface area contributed by atoms with E-state index < -0.39 is 0 Å². The van der Waals surface area contributed by atoms with Crippen LogP contribution in [0.4, 0.5) is 0 Å². The molecule has 0 heterocycles. The van der Waals surface area contributed by atoms with Gasteiger partial charge in [-0.15, -0.1) is 5.16 Å². The molecule has 0 radical (unpaired) electrons. The summed E-state index contributed by atoms with van der Waals surface area (Å²) in [6.45, 7) is 2.24. The molecule has 0 spiro atoms. The summed E-state index contributed by atoms with van der Waals surface area (Å²) in [7, 11) is 0. The van der Waals surface area contributed by atoms with Crippen LogP contribution < -0.4 is 0 Å². The average molecular weight is 285 g/mol. The molecule has 4 nitrogen and oxygen atoms in total. The molecule has 0 fully saturated rings. The maximum atomic E-state index is 8.21. The smallest absolute Gasteiger partial charge is 0.142 e. The van der Waals surface area contributed by atoms with Gasteiger partial charge in [0, 0.05) is 17.1 Å². The summed E-state index contributed by atoms with van der Waals surface area (Å²) in [5.74, 6) is 0. The highest BCUT2D eigenvalue weighted by atomic mass is 79.9. The van der Waals surface area contributed by atoms with E-state index in [0.29, 0.717) is 13.0 Å². The maximum absolute atomic E-state index is 8.21. The van der Waals surface area contributed by atoms with Gasteiger partial charge in [0.2, 0.25) is 0 Å². The Morgan fingerprint density at radius 1 is 1.44 bits per heavy atom. The van der Waals surface area contributed by atoms with E-state index in [1.165, 1.54) is 6.21 Å². The number of halogens is 1. The van der Waals surface area contributed by atoms with Crippen LogP contribution in [-0.2, 0) is 11.4 Å². The monoisotopic (exact) mass is 284 g/mol. The fraction of sp³-hybridized carbons (Fsp3) is 0.273. The first-order chi connectivity index (χ1) is 7.72. The molecule has 5 heteroatoms. The molecule has 0 aliphatic carbocycles. The van der Waals surface area contributed by atoms with E-state index in [1.54, 1.807) is 0 Å². The third-order valence-electron chi connectivity index (χ3n) is 1.83. The standard InChI is InChI=1S/C11H13BrN2O2/c1-9(6-7-13-15)14-16-8-10-2-4-11(12)5-3-10/h2-5,7,15H,6,8H2,1H3/b13-7+,14-9+. The molecule has 0 saturated heterocycles. The first-order valence-electron chi connectivity index (χ1n) is 4.78. The predicted octanol–water partition coefficient (Wildman–Crippen LogP) is 3.19. The Bertz CT molecular complexity index is 374. The van der Waals surface area contributed by atoms with Gasteiger partial charge in [0.15, 0.2) is 0 Å². The van der Waals surface area contributed by atoms with Crippen LogP contribution in [0, 0.1) is 0 Å². The van der Waals surface area contributed by atoms with Gasteiger partial charge >= 0.3 is 0 Å². The minimum Gasteiger partial charge on any atom is -0.411 e. The highest BCUT2D eigenvalue weighted by molar-refractivity contribution is 9.10. The number of benzene rings is 1. The first kappa shape index (κ1) is 12.7. The molecular weight excluding hydrogens is 272 g/mol. The van der Waals surface area contributed by atoms with Crippen LogP contribution in [-0.4, -0.2) is 17.1 Å². The van der Waals surface area contributed by atoms with E-state index in [1.807, 2.05) is 31.2 Å². The summed E-state index contributed by atoms with van der Waals surface area (Å²) in [4.78, 5) is 5.15. The van der Waals surface area contributed by atoms with Crippen molar-refractivity contribution in [1.29, 1.82) is 0 Å². The van der Waals surface area contributed by atoms with Gasteiger partial charge in [0.25, 0.3) is 0 Å². The fourth-order valence-electron chi connectivity index (χ4n) is 1.01. The van der Waals surface area contributed by atoms with Crippen LogP contribution in [0.15, 0.2) is 39.0 Å². The van der Waals surface area contributed by atoms with E-state index in [0.717, 1.165) is 15.7 Å². The van der Waals surface area contributed by atoms with Gasteiger partial charge in [0.05, 0.1) is 5.71 Å². The van der Waals surface area contributed by atoms with Crippen molar-refractivity contribution in [2.45, 2.75) is 20.0 Å². The van der Waals surface area contributed by atoms with Crippen molar-refractivity contribution in [2.24, 2.45) is 10.3 Å². The van der Waals surface area contributed by atoms with Gasteiger partial charge in [-0.3, -0.25) is 0 Å². The lowest BCUT2D eigenvalue weighted by atomic mass is 10.2. The van der Waals surface area contributed by atoms with Crippen LogP contribution in [0.3, 0.4) is 0 Å². The van der Waals surface area contributed by atoms with Gasteiger partial charge < -0.3 is 10.0 Å². The molecule has 86 valence electrons. The van der Waals surface area contributed by atoms with Gasteiger partial charge in [-0.2, -0.15) is 0 Å².